The normalized spacial score (nSPS) is 14.5. The van der Waals surface area contributed by atoms with E-state index < -0.39 is 23.9 Å². The highest BCUT2D eigenvalue weighted by molar-refractivity contribution is 6.05. The maximum absolute atomic E-state index is 12.6. The maximum atomic E-state index is 12.6. The zero-order valence-corrected chi connectivity index (χ0v) is 16.6. The molecule has 3 rings (SSSR count). The fourth-order valence-electron chi connectivity index (χ4n) is 3.38. The monoisotopic (exact) mass is 433 g/mol. The van der Waals surface area contributed by atoms with Crippen molar-refractivity contribution >= 4 is 29.3 Å². The van der Waals surface area contributed by atoms with E-state index in [4.69, 9.17) is 5.73 Å². The van der Waals surface area contributed by atoms with Gasteiger partial charge in [0.1, 0.15) is 5.75 Å². The SMILES string of the molecule is NC(=O)c1ccc(N2CCCCC2)c(NC(=O)/C=C/c2ccccc2OC(F)(F)F)c1. The van der Waals surface area contributed by atoms with Crippen LogP contribution in [0.1, 0.15) is 35.2 Å². The topological polar surface area (TPSA) is 84.7 Å². The first-order valence-electron chi connectivity index (χ1n) is 9.75. The minimum Gasteiger partial charge on any atom is -0.405 e. The molecule has 6 nitrogen and oxygen atoms in total. The zero-order valence-electron chi connectivity index (χ0n) is 16.6. The van der Waals surface area contributed by atoms with Crippen LogP contribution in [0.25, 0.3) is 6.08 Å². The van der Waals surface area contributed by atoms with Crippen LogP contribution in [0.15, 0.2) is 48.5 Å². The largest absolute Gasteiger partial charge is 0.573 e. The van der Waals surface area contributed by atoms with Gasteiger partial charge in [-0.1, -0.05) is 18.2 Å². The lowest BCUT2D eigenvalue weighted by molar-refractivity contribution is -0.274. The van der Waals surface area contributed by atoms with Gasteiger partial charge in [0.2, 0.25) is 11.8 Å². The molecule has 0 saturated carbocycles. The van der Waals surface area contributed by atoms with Crippen LogP contribution in [0.5, 0.6) is 5.75 Å². The van der Waals surface area contributed by atoms with Crippen molar-refractivity contribution in [2.45, 2.75) is 25.6 Å². The number of anilines is 2. The van der Waals surface area contributed by atoms with E-state index in [0.29, 0.717) is 5.69 Å². The molecule has 0 atom stereocenters. The number of carbonyl (C=O) groups is 2. The van der Waals surface area contributed by atoms with Crippen LogP contribution in [-0.2, 0) is 4.79 Å². The minimum atomic E-state index is -4.84. The average Bonchev–Trinajstić information content (AvgIpc) is 2.72. The predicted molar refractivity (Wildman–Crippen MR) is 112 cm³/mol. The van der Waals surface area contributed by atoms with Gasteiger partial charge in [-0.05, 0) is 49.6 Å². The van der Waals surface area contributed by atoms with Gasteiger partial charge in [0, 0.05) is 30.3 Å². The maximum Gasteiger partial charge on any atom is 0.573 e. The highest BCUT2D eigenvalue weighted by Gasteiger charge is 2.31. The second kappa shape index (κ2) is 9.55. The summed E-state index contributed by atoms with van der Waals surface area (Å²) in [5, 5.41) is 2.70. The summed E-state index contributed by atoms with van der Waals surface area (Å²) in [6.07, 6.45) is 0.649. The zero-order chi connectivity index (χ0) is 22.4. The number of rotatable bonds is 6. The van der Waals surface area contributed by atoms with Crippen molar-refractivity contribution in [3.05, 3.63) is 59.7 Å². The number of carbonyl (C=O) groups excluding carboxylic acids is 2. The summed E-state index contributed by atoms with van der Waals surface area (Å²) in [4.78, 5) is 26.2. The van der Waals surface area contributed by atoms with Crippen molar-refractivity contribution in [3.63, 3.8) is 0 Å². The first-order chi connectivity index (χ1) is 14.7. The van der Waals surface area contributed by atoms with Crippen molar-refractivity contribution in [3.8, 4) is 5.75 Å². The number of hydrogen-bond acceptors (Lipinski definition) is 4. The molecule has 31 heavy (non-hydrogen) atoms. The van der Waals surface area contributed by atoms with Crippen LogP contribution in [0.4, 0.5) is 24.5 Å². The van der Waals surface area contributed by atoms with E-state index in [1.54, 1.807) is 12.1 Å². The first-order valence-corrected chi connectivity index (χ1v) is 9.75. The molecule has 1 aliphatic heterocycles. The number of primary amides is 1. The number of piperidine rings is 1. The second-order valence-electron chi connectivity index (χ2n) is 7.05. The van der Waals surface area contributed by atoms with E-state index in [9.17, 15) is 22.8 Å². The summed E-state index contributed by atoms with van der Waals surface area (Å²) in [6, 6.07) is 10.3. The molecule has 0 aromatic heterocycles. The summed E-state index contributed by atoms with van der Waals surface area (Å²) in [6.45, 7) is 1.63. The Bertz CT molecular complexity index is 983. The molecule has 2 amide bonds. The highest BCUT2D eigenvalue weighted by atomic mass is 19.4. The molecule has 3 N–H and O–H groups in total. The molecular formula is C22H22F3N3O3. The van der Waals surface area contributed by atoms with Crippen LogP contribution >= 0.6 is 0 Å². The van der Waals surface area contributed by atoms with Gasteiger partial charge in [-0.25, -0.2) is 0 Å². The molecule has 9 heteroatoms. The van der Waals surface area contributed by atoms with Gasteiger partial charge in [-0.3, -0.25) is 9.59 Å². The number of ether oxygens (including phenoxy) is 1. The average molecular weight is 433 g/mol. The van der Waals surface area contributed by atoms with Crippen LogP contribution in [0.3, 0.4) is 0 Å². The summed E-state index contributed by atoms with van der Waals surface area (Å²) in [5.41, 5.74) is 6.86. The number of halogens is 3. The smallest absolute Gasteiger partial charge is 0.405 e. The Hall–Kier alpha value is -3.49. The van der Waals surface area contributed by atoms with Crippen LogP contribution in [-0.4, -0.2) is 31.3 Å². The number of benzene rings is 2. The van der Waals surface area contributed by atoms with Gasteiger partial charge in [-0.15, -0.1) is 13.2 Å². The number of nitrogens with zero attached hydrogens (tertiary/aromatic N) is 1. The fourth-order valence-corrected chi connectivity index (χ4v) is 3.38. The van der Waals surface area contributed by atoms with Gasteiger partial charge >= 0.3 is 6.36 Å². The molecule has 0 aliphatic carbocycles. The second-order valence-corrected chi connectivity index (χ2v) is 7.05. The molecule has 2 aromatic carbocycles. The molecule has 0 unspecified atom stereocenters. The minimum absolute atomic E-state index is 0.0946. The van der Waals surface area contributed by atoms with Gasteiger partial charge in [-0.2, -0.15) is 0 Å². The number of hydrogen-bond donors (Lipinski definition) is 2. The third-order valence-electron chi connectivity index (χ3n) is 4.79. The lowest BCUT2D eigenvalue weighted by Crippen LogP contribution is -2.30. The standard InChI is InChI=1S/C22H22F3N3O3/c23-22(24,25)31-19-7-3-2-6-15(19)9-11-20(29)27-17-14-16(21(26)30)8-10-18(17)28-12-4-1-5-13-28/h2-3,6-11,14H,1,4-5,12-13H2,(H2,26,30)(H,27,29)/b11-9+. The van der Waals surface area contributed by atoms with E-state index in [0.717, 1.165) is 50.2 Å². The fraction of sp³-hybridized carbons (Fsp3) is 0.273. The van der Waals surface area contributed by atoms with Gasteiger partial charge in [0.05, 0.1) is 11.4 Å². The molecule has 1 heterocycles. The molecule has 2 aromatic rings. The van der Waals surface area contributed by atoms with E-state index >= 15 is 0 Å². The third-order valence-corrected chi connectivity index (χ3v) is 4.79. The summed E-state index contributed by atoms with van der Waals surface area (Å²) < 4.78 is 41.7. The quantitative estimate of drug-likeness (QED) is 0.665. The highest BCUT2D eigenvalue weighted by Crippen LogP contribution is 2.30. The van der Waals surface area contributed by atoms with Crippen molar-refractivity contribution in [2.75, 3.05) is 23.3 Å². The number of nitrogens with one attached hydrogen (secondary N) is 1. The number of amides is 2. The van der Waals surface area contributed by atoms with Crippen LogP contribution < -0.4 is 20.7 Å². The Morgan fingerprint density at radius 1 is 1.06 bits per heavy atom. The van der Waals surface area contributed by atoms with E-state index in [-0.39, 0.29) is 11.1 Å². The van der Waals surface area contributed by atoms with Gasteiger partial charge < -0.3 is 20.7 Å². The van der Waals surface area contributed by atoms with Crippen molar-refractivity contribution in [1.29, 1.82) is 0 Å². The number of para-hydroxylation sites is 1. The van der Waals surface area contributed by atoms with Crippen molar-refractivity contribution < 1.29 is 27.5 Å². The Balaban J connectivity index is 1.81. The van der Waals surface area contributed by atoms with Gasteiger partial charge in [0.25, 0.3) is 0 Å². The van der Waals surface area contributed by atoms with Crippen LogP contribution in [0.2, 0.25) is 0 Å². The Morgan fingerprint density at radius 3 is 2.45 bits per heavy atom. The predicted octanol–water partition coefficient (Wildman–Crippen LogP) is 4.33. The molecule has 1 saturated heterocycles. The molecule has 164 valence electrons. The Morgan fingerprint density at radius 2 is 1.77 bits per heavy atom. The molecule has 1 aliphatic rings. The Labute approximate surface area is 177 Å². The number of nitrogens with two attached hydrogens (primary N) is 1. The number of alkyl halides is 3. The Kier molecular flexibility index (Phi) is 6.84. The van der Waals surface area contributed by atoms with Gasteiger partial charge in [0.15, 0.2) is 0 Å². The molecular weight excluding hydrogens is 411 g/mol. The van der Waals surface area contributed by atoms with Crippen molar-refractivity contribution in [1.82, 2.24) is 0 Å². The van der Waals surface area contributed by atoms with E-state index in [2.05, 4.69) is 15.0 Å². The lowest BCUT2D eigenvalue weighted by atomic mass is 10.1. The lowest BCUT2D eigenvalue weighted by Gasteiger charge is -2.30. The summed E-state index contributed by atoms with van der Waals surface area (Å²) >= 11 is 0. The van der Waals surface area contributed by atoms with E-state index in [1.807, 2.05) is 0 Å². The van der Waals surface area contributed by atoms with E-state index in [1.165, 1.54) is 30.3 Å². The molecule has 1 fully saturated rings. The molecule has 0 spiro atoms. The molecule has 0 bridgehead atoms. The summed E-state index contributed by atoms with van der Waals surface area (Å²) in [5.74, 6) is -1.61. The molecule has 0 radical (unpaired) electrons. The van der Waals surface area contributed by atoms with Crippen LogP contribution in [0, 0.1) is 0 Å². The van der Waals surface area contributed by atoms with Crippen molar-refractivity contribution in [2.24, 2.45) is 5.73 Å². The first kappa shape index (κ1) is 22.2. The summed E-state index contributed by atoms with van der Waals surface area (Å²) in [7, 11) is 0. The third kappa shape index (κ3) is 6.24.